The van der Waals surface area contributed by atoms with Gasteiger partial charge in [-0.2, -0.15) is 0 Å². The second-order valence-electron chi connectivity index (χ2n) is 5.04. The molecule has 0 bridgehead atoms. The number of hydrogen-bond donors (Lipinski definition) is 0. The zero-order valence-corrected chi connectivity index (χ0v) is 11.9. The standard InChI is InChI=1S/C15H15ClN2O2/c1-18-8-7-14(17-18)20-9-13-11(10-5-6-10)3-2-4-12(13)15(16)19/h2-4,7-8,10H,5-6,9H2,1H3. The summed E-state index contributed by atoms with van der Waals surface area (Å²) in [4.78, 5) is 11.6. The van der Waals surface area contributed by atoms with E-state index in [2.05, 4.69) is 11.2 Å². The van der Waals surface area contributed by atoms with Gasteiger partial charge in [-0.1, -0.05) is 12.1 Å². The summed E-state index contributed by atoms with van der Waals surface area (Å²) in [6.07, 6.45) is 4.14. The SMILES string of the molecule is Cn1ccc(OCc2c(C(=O)Cl)cccc2C2CC2)n1. The number of carbonyl (C=O) groups excluding carboxylic acids is 1. The summed E-state index contributed by atoms with van der Waals surface area (Å²) in [7, 11) is 1.83. The molecule has 1 fully saturated rings. The molecule has 0 amide bonds. The van der Waals surface area contributed by atoms with Gasteiger partial charge in [0.1, 0.15) is 6.61 Å². The number of aryl methyl sites for hydroxylation is 1. The summed E-state index contributed by atoms with van der Waals surface area (Å²) in [6, 6.07) is 7.48. The largest absolute Gasteiger partial charge is 0.472 e. The number of aromatic nitrogens is 2. The van der Waals surface area contributed by atoms with Crippen molar-refractivity contribution in [3.63, 3.8) is 0 Å². The van der Waals surface area contributed by atoms with Crippen LogP contribution >= 0.6 is 11.6 Å². The van der Waals surface area contributed by atoms with Gasteiger partial charge < -0.3 is 4.74 Å². The third kappa shape index (κ3) is 2.70. The van der Waals surface area contributed by atoms with Gasteiger partial charge in [0.2, 0.25) is 5.88 Å². The van der Waals surface area contributed by atoms with E-state index >= 15 is 0 Å². The van der Waals surface area contributed by atoms with Crippen molar-refractivity contribution in [2.75, 3.05) is 0 Å². The van der Waals surface area contributed by atoms with E-state index in [0.29, 0.717) is 24.0 Å². The van der Waals surface area contributed by atoms with E-state index in [1.807, 2.05) is 19.3 Å². The topological polar surface area (TPSA) is 44.1 Å². The van der Waals surface area contributed by atoms with Crippen molar-refractivity contribution < 1.29 is 9.53 Å². The third-order valence-electron chi connectivity index (χ3n) is 3.49. The van der Waals surface area contributed by atoms with Crippen LogP contribution in [-0.4, -0.2) is 15.0 Å². The molecule has 1 aromatic carbocycles. The van der Waals surface area contributed by atoms with Crippen LogP contribution in [0.5, 0.6) is 5.88 Å². The molecular weight excluding hydrogens is 276 g/mol. The van der Waals surface area contributed by atoms with Gasteiger partial charge in [-0.15, -0.1) is 5.10 Å². The van der Waals surface area contributed by atoms with Gasteiger partial charge in [0, 0.05) is 30.4 Å². The number of ether oxygens (including phenoxy) is 1. The highest BCUT2D eigenvalue weighted by Gasteiger charge is 2.28. The average Bonchev–Trinajstić information content (AvgIpc) is 3.19. The summed E-state index contributed by atoms with van der Waals surface area (Å²) in [6.45, 7) is 0.317. The second kappa shape index (κ2) is 5.29. The Morgan fingerprint density at radius 1 is 1.45 bits per heavy atom. The Balaban J connectivity index is 1.87. The van der Waals surface area contributed by atoms with E-state index in [-0.39, 0.29) is 0 Å². The first-order valence-corrected chi connectivity index (χ1v) is 6.97. The van der Waals surface area contributed by atoms with Crippen molar-refractivity contribution in [2.45, 2.75) is 25.4 Å². The number of halogens is 1. The highest BCUT2D eigenvalue weighted by molar-refractivity contribution is 6.67. The number of hydrogen-bond acceptors (Lipinski definition) is 3. The van der Waals surface area contributed by atoms with Crippen LogP contribution in [0.3, 0.4) is 0 Å². The van der Waals surface area contributed by atoms with E-state index < -0.39 is 5.24 Å². The van der Waals surface area contributed by atoms with Crippen LogP contribution in [0.25, 0.3) is 0 Å². The number of nitrogens with zero attached hydrogens (tertiary/aromatic N) is 2. The molecule has 0 radical (unpaired) electrons. The summed E-state index contributed by atoms with van der Waals surface area (Å²) in [5.41, 5.74) is 2.60. The molecule has 1 aliphatic carbocycles. The van der Waals surface area contributed by atoms with Crippen LogP contribution in [0, 0.1) is 0 Å². The highest BCUT2D eigenvalue weighted by atomic mass is 35.5. The van der Waals surface area contributed by atoms with Crippen LogP contribution in [0.1, 0.15) is 40.2 Å². The molecule has 3 rings (SSSR count). The summed E-state index contributed by atoms with van der Waals surface area (Å²) in [5, 5.41) is 3.73. The first-order valence-electron chi connectivity index (χ1n) is 6.59. The molecule has 0 atom stereocenters. The Morgan fingerprint density at radius 3 is 2.85 bits per heavy atom. The lowest BCUT2D eigenvalue weighted by Crippen LogP contribution is -2.06. The molecule has 1 aromatic heterocycles. The van der Waals surface area contributed by atoms with Crippen LogP contribution in [0.4, 0.5) is 0 Å². The summed E-state index contributed by atoms with van der Waals surface area (Å²) >= 11 is 5.68. The molecule has 5 heteroatoms. The van der Waals surface area contributed by atoms with Crippen molar-refractivity contribution in [1.82, 2.24) is 9.78 Å². The predicted octanol–water partition coefficient (Wildman–Crippen LogP) is 3.26. The van der Waals surface area contributed by atoms with Crippen molar-refractivity contribution in [2.24, 2.45) is 7.05 Å². The van der Waals surface area contributed by atoms with Crippen molar-refractivity contribution in [3.05, 3.63) is 47.2 Å². The minimum Gasteiger partial charge on any atom is -0.472 e. The lowest BCUT2D eigenvalue weighted by molar-refractivity contribution is 0.107. The minimum absolute atomic E-state index is 0.317. The average molecular weight is 291 g/mol. The molecule has 104 valence electrons. The van der Waals surface area contributed by atoms with Crippen LogP contribution in [0.2, 0.25) is 0 Å². The minimum atomic E-state index is -0.438. The van der Waals surface area contributed by atoms with Crippen molar-refractivity contribution >= 4 is 16.8 Å². The van der Waals surface area contributed by atoms with Crippen LogP contribution < -0.4 is 4.74 Å². The maximum Gasteiger partial charge on any atom is 0.252 e. The smallest absolute Gasteiger partial charge is 0.252 e. The Labute approximate surface area is 122 Å². The molecule has 0 saturated heterocycles. The lowest BCUT2D eigenvalue weighted by atomic mass is 9.99. The first kappa shape index (κ1) is 13.2. The normalized spacial score (nSPS) is 14.3. The lowest BCUT2D eigenvalue weighted by Gasteiger charge is -2.12. The molecule has 0 spiro atoms. The molecule has 1 heterocycles. The molecule has 0 unspecified atom stereocenters. The zero-order chi connectivity index (χ0) is 14.1. The molecule has 20 heavy (non-hydrogen) atoms. The van der Waals surface area contributed by atoms with Gasteiger partial charge in [-0.25, -0.2) is 0 Å². The Morgan fingerprint density at radius 2 is 2.25 bits per heavy atom. The van der Waals surface area contributed by atoms with Crippen molar-refractivity contribution in [3.8, 4) is 5.88 Å². The molecule has 0 N–H and O–H groups in total. The van der Waals surface area contributed by atoms with Gasteiger partial charge in [-0.3, -0.25) is 9.48 Å². The molecule has 4 nitrogen and oxygen atoms in total. The molecule has 2 aromatic rings. The Hall–Kier alpha value is -1.81. The number of carbonyl (C=O) groups is 1. The summed E-state index contributed by atoms with van der Waals surface area (Å²) in [5.74, 6) is 1.08. The maximum absolute atomic E-state index is 11.6. The van der Waals surface area contributed by atoms with Crippen molar-refractivity contribution in [1.29, 1.82) is 0 Å². The van der Waals surface area contributed by atoms with Crippen LogP contribution in [0.15, 0.2) is 30.5 Å². The highest BCUT2D eigenvalue weighted by Crippen LogP contribution is 2.42. The van der Waals surface area contributed by atoms with E-state index in [4.69, 9.17) is 16.3 Å². The first-order chi connectivity index (χ1) is 9.65. The number of rotatable bonds is 5. The maximum atomic E-state index is 11.6. The zero-order valence-electron chi connectivity index (χ0n) is 11.2. The van der Waals surface area contributed by atoms with E-state index in [0.717, 1.165) is 18.4 Å². The summed E-state index contributed by atoms with van der Waals surface area (Å²) < 4.78 is 7.36. The molecule has 1 saturated carbocycles. The fourth-order valence-corrected chi connectivity index (χ4v) is 2.52. The predicted molar refractivity (Wildman–Crippen MR) is 76.1 cm³/mol. The fourth-order valence-electron chi connectivity index (χ4n) is 2.34. The number of benzene rings is 1. The fraction of sp³-hybridized carbons (Fsp3) is 0.333. The van der Waals surface area contributed by atoms with E-state index in [1.165, 1.54) is 5.56 Å². The van der Waals surface area contributed by atoms with Gasteiger partial charge in [0.25, 0.3) is 5.24 Å². The Bertz CT molecular complexity index is 647. The van der Waals surface area contributed by atoms with E-state index in [1.54, 1.807) is 16.8 Å². The molecule has 1 aliphatic rings. The van der Waals surface area contributed by atoms with Gasteiger partial charge in [-0.05, 0) is 42.0 Å². The second-order valence-corrected chi connectivity index (χ2v) is 5.38. The van der Waals surface area contributed by atoms with Crippen LogP contribution in [-0.2, 0) is 13.7 Å². The quantitative estimate of drug-likeness (QED) is 0.794. The van der Waals surface area contributed by atoms with Gasteiger partial charge in [0.05, 0.1) is 0 Å². The molecular formula is C15H15ClN2O2. The van der Waals surface area contributed by atoms with Gasteiger partial charge >= 0.3 is 0 Å². The van der Waals surface area contributed by atoms with E-state index in [9.17, 15) is 4.79 Å². The monoisotopic (exact) mass is 290 g/mol. The van der Waals surface area contributed by atoms with Gasteiger partial charge in [0.15, 0.2) is 0 Å². The molecule has 0 aliphatic heterocycles. The Kier molecular flexibility index (Phi) is 3.49. The third-order valence-corrected chi connectivity index (χ3v) is 3.70.